The van der Waals surface area contributed by atoms with E-state index in [1.54, 1.807) is 22.8 Å². The van der Waals surface area contributed by atoms with Gasteiger partial charge in [-0.1, -0.05) is 17.3 Å². The van der Waals surface area contributed by atoms with Crippen molar-refractivity contribution in [3.63, 3.8) is 0 Å². The standard InChI is InChI=1S/C16H22N6O2/c1-3-24-14-7-5-4-6-13(14)21-8-10-22(11-9-21)16(23)17-15-12-20(2)19-18-15/h4-7,12H,3,8-11H2,1-2H3,(H,17,23). The number of hydrogen-bond acceptors (Lipinski definition) is 5. The Bertz CT molecular complexity index is 693. The minimum Gasteiger partial charge on any atom is -0.492 e. The number of ether oxygens (including phenoxy) is 1. The Morgan fingerprint density at radius 1 is 1.25 bits per heavy atom. The summed E-state index contributed by atoms with van der Waals surface area (Å²) < 4.78 is 7.25. The molecule has 24 heavy (non-hydrogen) atoms. The van der Waals surface area contributed by atoms with Crippen LogP contribution in [0.15, 0.2) is 30.5 Å². The molecule has 0 unspecified atom stereocenters. The summed E-state index contributed by atoms with van der Waals surface area (Å²) in [4.78, 5) is 16.3. The molecule has 128 valence electrons. The molecule has 8 heteroatoms. The summed E-state index contributed by atoms with van der Waals surface area (Å²) in [6.07, 6.45) is 1.67. The highest BCUT2D eigenvalue weighted by molar-refractivity contribution is 5.88. The monoisotopic (exact) mass is 330 g/mol. The highest BCUT2D eigenvalue weighted by Crippen LogP contribution is 2.28. The van der Waals surface area contributed by atoms with Gasteiger partial charge in [0.25, 0.3) is 0 Å². The van der Waals surface area contributed by atoms with E-state index in [1.807, 2.05) is 25.1 Å². The van der Waals surface area contributed by atoms with E-state index in [4.69, 9.17) is 4.74 Å². The SMILES string of the molecule is CCOc1ccccc1N1CCN(C(=O)Nc2cn(C)nn2)CC1. The average Bonchev–Trinajstić information content (AvgIpc) is 3.01. The number of piperazine rings is 1. The van der Waals surface area contributed by atoms with Gasteiger partial charge in [-0.25, -0.2) is 4.79 Å². The third kappa shape index (κ3) is 3.58. The quantitative estimate of drug-likeness (QED) is 0.921. The Kier molecular flexibility index (Phi) is 4.83. The van der Waals surface area contributed by atoms with Gasteiger partial charge in [0.2, 0.25) is 0 Å². The van der Waals surface area contributed by atoms with Crippen molar-refractivity contribution in [1.29, 1.82) is 0 Å². The zero-order valence-corrected chi connectivity index (χ0v) is 14.0. The second kappa shape index (κ2) is 7.20. The van der Waals surface area contributed by atoms with Crippen molar-refractivity contribution in [2.24, 2.45) is 7.05 Å². The number of carbonyl (C=O) groups is 1. The Balaban J connectivity index is 1.58. The van der Waals surface area contributed by atoms with E-state index in [0.29, 0.717) is 25.5 Å². The lowest BCUT2D eigenvalue weighted by Crippen LogP contribution is -2.50. The van der Waals surface area contributed by atoms with E-state index < -0.39 is 0 Å². The molecule has 2 heterocycles. The number of carbonyl (C=O) groups excluding carboxylic acids is 1. The van der Waals surface area contributed by atoms with Gasteiger partial charge in [0.15, 0.2) is 5.82 Å². The van der Waals surface area contributed by atoms with Gasteiger partial charge in [0, 0.05) is 33.2 Å². The molecule has 1 aromatic carbocycles. The number of amides is 2. The molecule has 3 rings (SSSR count). The van der Waals surface area contributed by atoms with Crippen LogP contribution in [0.5, 0.6) is 5.75 Å². The largest absolute Gasteiger partial charge is 0.492 e. The van der Waals surface area contributed by atoms with Crippen LogP contribution in [0.1, 0.15) is 6.92 Å². The van der Waals surface area contributed by atoms with Gasteiger partial charge in [-0.05, 0) is 19.1 Å². The van der Waals surface area contributed by atoms with Crippen LogP contribution in [-0.2, 0) is 7.05 Å². The van der Waals surface area contributed by atoms with E-state index >= 15 is 0 Å². The number of rotatable bonds is 4. The molecule has 2 amide bonds. The number of aryl methyl sites for hydroxylation is 1. The second-order valence-electron chi connectivity index (χ2n) is 5.58. The Hall–Kier alpha value is -2.77. The maximum Gasteiger partial charge on any atom is 0.323 e. The number of nitrogens with one attached hydrogen (secondary N) is 1. The summed E-state index contributed by atoms with van der Waals surface area (Å²) in [5.41, 5.74) is 1.08. The number of hydrogen-bond donors (Lipinski definition) is 1. The topological polar surface area (TPSA) is 75.5 Å². The van der Waals surface area contributed by atoms with Gasteiger partial charge in [-0.3, -0.25) is 10.00 Å². The summed E-state index contributed by atoms with van der Waals surface area (Å²) in [5, 5.41) is 10.4. The first-order chi connectivity index (χ1) is 11.7. The number of urea groups is 1. The maximum absolute atomic E-state index is 12.3. The molecule has 1 N–H and O–H groups in total. The first-order valence-corrected chi connectivity index (χ1v) is 8.06. The molecule has 1 fully saturated rings. The smallest absolute Gasteiger partial charge is 0.323 e. The van der Waals surface area contributed by atoms with Crippen LogP contribution < -0.4 is 15.0 Å². The lowest BCUT2D eigenvalue weighted by Gasteiger charge is -2.36. The normalized spacial score (nSPS) is 14.6. The molecular weight excluding hydrogens is 308 g/mol. The highest BCUT2D eigenvalue weighted by atomic mass is 16.5. The van der Waals surface area contributed by atoms with E-state index in [0.717, 1.165) is 24.5 Å². The Morgan fingerprint density at radius 3 is 2.67 bits per heavy atom. The van der Waals surface area contributed by atoms with Gasteiger partial charge in [0.1, 0.15) is 5.75 Å². The predicted octanol–water partition coefficient (Wildman–Crippen LogP) is 1.57. The lowest BCUT2D eigenvalue weighted by molar-refractivity contribution is 0.208. The molecule has 1 saturated heterocycles. The van der Waals surface area contributed by atoms with Gasteiger partial charge >= 0.3 is 6.03 Å². The van der Waals surface area contributed by atoms with Crippen molar-refractivity contribution in [3.05, 3.63) is 30.5 Å². The third-order valence-corrected chi connectivity index (χ3v) is 3.91. The molecule has 1 aliphatic rings. The van der Waals surface area contributed by atoms with Crippen molar-refractivity contribution in [2.45, 2.75) is 6.92 Å². The molecule has 0 radical (unpaired) electrons. The summed E-state index contributed by atoms with van der Waals surface area (Å²) in [7, 11) is 1.76. The molecule has 0 spiro atoms. The van der Waals surface area contributed by atoms with E-state index in [-0.39, 0.29) is 6.03 Å². The average molecular weight is 330 g/mol. The van der Waals surface area contributed by atoms with Crippen molar-refractivity contribution < 1.29 is 9.53 Å². The zero-order valence-electron chi connectivity index (χ0n) is 14.0. The summed E-state index contributed by atoms with van der Waals surface area (Å²) >= 11 is 0. The molecule has 1 aromatic heterocycles. The Labute approximate surface area is 141 Å². The van der Waals surface area contributed by atoms with Gasteiger partial charge in [0.05, 0.1) is 18.5 Å². The lowest BCUT2D eigenvalue weighted by atomic mass is 10.2. The van der Waals surface area contributed by atoms with Crippen LogP contribution in [0, 0.1) is 0 Å². The number of anilines is 2. The Morgan fingerprint density at radius 2 is 2.00 bits per heavy atom. The minimum absolute atomic E-state index is 0.145. The molecule has 0 bridgehead atoms. The van der Waals surface area contributed by atoms with Crippen molar-refractivity contribution in [3.8, 4) is 5.75 Å². The van der Waals surface area contributed by atoms with Gasteiger partial charge in [-0.15, -0.1) is 5.10 Å². The van der Waals surface area contributed by atoms with E-state index in [1.165, 1.54) is 0 Å². The molecule has 2 aromatic rings. The van der Waals surface area contributed by atoms with E-state index in [2.05, 4.69) is 26.6 Å². The fraction of sp³-hybridized carbons (Fsp3) is 0.438. The summed E-state index contributed by atoms with van der Waals surface area (Å²) in [6.45, 7) is 5.43. The minimum atomic E-state index is -0.145. The van der Waals surface area contributed by atoms with Crippen LogP contribution in [0.25, 0.3) is 0 Å². The molecule has 1 aliphatic heterocycles. The molecule has 0 aliphatic carbocycles. The zero-order chi connectivity index (χ0) is 16.9. The number of nitrogens with zero attached hydrogens (tertiary/aromatic N) is 5. The van der Waals surface area contributed by atoms with Gasteiger partial charge < -0.3 is 14.5 Å². The summed E-state index contributed by atoms with van der Waals surface area (Å²) in [5.74, 6) is 1.35. The van der Waals surface area contributed by atoms with Crippen LogP contribution >= 0.6 is 0 Å². The molecule has 0 atom stereocenters. The highest BCUT2D eigenvalue weighted by Gasteiger charge is 2.23. The van der Waals surface area contributed by atoms with Crippen molar-refractivity contribution in [1.82, 2.24) is 19.9 Å². The van der Waals surface area contributed by atoms with Crippen molar-refractivity contribution >= 4 is 17.5 Å². The first-order valence-electron chi connectivity index (χ1n) is 8.06. The first kappa shape index (κ1) is 16.1. The van der Waals surface area contributed by atoms with Crippen LogP contribution in [0.4, 0.5) is 16.3 Å². The van der Waals surface area contributed by atoms with E-state index in [9.17, 15) is 4.79 Å². The number of aromatic nitrogens is 3. The number of para-hydroxylation sites is 2. The number of benzene rings is 1. The van der Waals surface area contributed by atoms with Gasteiger partial charge in [-0.2, -0.15) is 0 Å². The van der Waals surface area contributed by atoms with Crippen LogP contribution in [-0.4, -0.2) is 58.7 Å². The van der Waals surface area contributed by atoms with Crippen LogP contribution in [0.3, 0.4) is 0 Å². The second-order valence-corrected chi connectivity index (χ2v) is 5.58. The fourth-order valence-electron chi connectivity index (χ4n) is 2.74. The maximum atomic E-state index is 12.3. The molecule has 8 nitrogen and oxygen atoms in total. The fourth-order valence-corrected chi connectivity index (χ4v) is 2.74. The predicted molar refractivity (Wildman–Crippen MR) is 91.4 cm³/mol. The van der Waals surface area contributed by atoms with Crippen molar-refractivity contribution in [2.75, 3.05) is 43.0 Å². The van der Waals surface area contributed by atoms with Crippen LogP contribution in [0.2, 0.25) is 0 Å². The molecule has 0 saturated carbocycles. The summed E-state index contributed by atoms with van der Waals surface area (Å²) in [6, 6.07) is 7.87. The third-order valence-electron chi connectivity index (χ3n) is 3.91. The molecular formula is C16H22N6O2.